The summed E-state index contributed by atoms with van der Waals surface area (Å²) in [5.41, 5.74) is -0.510. The molecule has 0 radical (unpaired) electrons. The number of carbonyl (C=O) groups is 2. The number of amides is 2. The van der Waals surface area contributed by atoms with Gasteiger partial charge in [0.05, 0.1) is 5.56 Å². The molecule has 2 rings (SSSR count). The molecule has 1 aliphatic heterocycles. The Hall–Kier alpha value is -1.70. The third kappa shape index (κ3) is 3.66. The Balaban J connectivity index is 1.93. The van der Waals surface area contributed by atoms with Crippen LogP contribution < -0.4 is 5.32 Å². The Labute approximate surface area is 117 Å². The maximum absolute atomic E-state index is 12.4. The summed E-state index contributed by atoms with van der Waals surface area (Å²) in [4.78, 5) is 24.4. The minimum Gasteiger partial charge on any atom is -0.325 e. The van der Waals surface area contributed by atoms with Crippen molar-refractivity contribution in [1.82, 2.24) is 4.90 Å². The maximum atomic E-state index is 12.4. The van der Waals surface area contributed by atoms with Gasteiger partial charge < -0.3 is 10.2 Å². The molecule has 1 saturated heterocycles. The molecule has 0 unspecified atom stereocenters. The lowest BCUT2D eigenvalue weighted by atomic mass is 10.2. The molecule has 0 atom stereocenters. The quantitative estimate of drug-likeness (QED) is 0.934. The van der Waals surface area contributed by atoms with Crippen molar-refractivity contribution in [2.24, 2.45) is 0 Å². The van der Waals surface area contributed by atoms with E-state index in [-0.39, 0.29) is 17.5 Å². The molecule has 1 heterocycles. The van der Waals surface area contributed by atoms with Crippen molar-refractivity contribution in [2.45, 2.75) is 6.18 Å². The van der Waals surface area contributed by atoms with Gasteiger partial charge in [-0.3, -0.25) is 9.59 Å². The molecule has 4 nitrogen and oxygen atoms in total. The Morgan fingerprint density at radius 3 is 2.45 bits per heavy atom. The van der Waals surface area contributed by atoms with Crippen molar-refractivity contribution in [3.05, 3.63) is 29.8 Å². The predicted molar refractivity (Wildman–Crippen MR) is 69.5 cm³/mol. The molecule has 0 aliphatic carbocycles. The zero-order valence-electron chi connectivity index (χ0n) is 10.2. The highest BCUT2D eigenvalue weighted by Crippen LogP contribution is 2.29. The van der Waals surface area contributed by atoms with E-state index in [1.807, 2.05) is 0 Å². The van der Waals surface area contributed by atoms with Crippen LogP contribution in [0.25, 0.3) is 0 Å². The van der Waals surface area contributed by atoms with Gasteiger partial charge in [-0.15, -0.1) is 0 Å². The molecule has 1 N–H and O–H groups in total. The minimum atomic E-state index is -4.40. The fourth-order valence-corrected chi connectivity index (χ4v) is 2.51. The number of alkyl halides is 3. The molecule has 1 fully saturated rings. The van der Waals surface area contributed by atoms with Gasteiger partial charge in [-0.05, 0) is 24.3 Å². The smallest absolute Gasteiger partial charge is 0.325 e. The van der Waals surface area contributed by atoms with E-state index >= 15 is 0 Å². The van der Waals surface area contributed by atoms with Gasteiger partial charge in [-0.25, -0.2) is 0 Å². The topological polar surface area (TPSA) is 49.4 Å². The summed E-state index contributed by atoms with van der Waals surface area (Å²) in [6.45, 7) is 0.413. The number of hydrogen-bond acceptors (Lipinski definition) is 3. The zero-order chi connectivity index (χ0) is 14.8. The molecule has 0 aromatic heterocycles. The van der Waals surface area contributed by atoms with Gasteiger partial charge in [-0.2, -0.15) is 13.2 Å². The average Bonchev–Trinajstić information content (AvgIpc) is 2.74. The van der Waals surface area contributed by atoms with E-state index in [9.17, 15) is 22.8 Å². The van der Waals surface area contributed by atoms with Crippen molar-refractivity contribution < 1.29 is 22.8 Å². The van der Waals surface area contributed by atoms with Gasteiger partial charge >= 0.3 is 6.18 Å². The first kappa shape index (κ1) is 14.7. The molecule has 1 aliphatic rings. The van der Waals surface area contributed by atoms with E-state index in [0.29, 0.717) is 12.3 Å². The number of rotatable bonds is 3. The molecule has 1 aromatic rings. The highest BCUT2D eigenvalue weighted by molar-refractivity contribution is 8.13. The summed E-state index contributed by atoms with van der Waals surface area (Å²) in [6, 6.07) is 4.15. The van der Waals surface area contributed by atoms with Crippen molar-refractivity contribution >= 4 is 28.6 Å². The van der Waals surface area contributed by atoms with Gasteiger partial charge in [0.1, 0.15) is 6.54 Å². The number of carbonyl (C=O) groups excluding carboxylic acids is 2. The number of hydrogen-bond donors (Lipinski definition) is 1. The lowest BCUT2D eigenvalue weighted by Gasteiger charge is -2.14. The summed E-state index contributed by atoms with van der Waals surface area (Å²) in [5.74, 6) is 0.215. The van der Waals surface area contributed by atoms with Gasteiger partial charge in [0, 0.05) is 18.0 Å². The lowest BCUT2D eigenvalue weighted by Crippen LogP contribution is -2.33. The molecule has 0 saturated carbocycles. The molecule has 2 amide bonds. The fourth-order valence-electron chi connectivity index (χ4n) is 1.69. The third-order valence-electron chi connectivity index (χ3n) is 2.68. The summed E-state index contributed by atoms with van der Waals surface area (Å²) in [5, 5.41) is 2.30. The average molecular weight is 304 g/mol. The minimum absolute atomic E-state index is 0.0904. The molecular formula is C12H11F3N2O2S. The molecule has 0 bridgehead atoms. The van der Waals surface area contributed by atoms with Crippen LogP contribution in [0.4, 0.5) is 23.7 Å². The van der Waals surface area contributed by atoms with Crippen LogP contribution in [0, 0.1) is 0 Å². The first-order valence-electron chi connectivity index (χ1n) is 5.75. The van der Waals surface area contributed by atoms with Crippen LogP contribution in [0.3, 0.4) is 0 Å². The second-order valence-electron chi connectivity index (χ2n) is 4.16. The van der Waals surface area contributed by atoms with E-state index in [4.69, 9.17) is 0 Å². The Morgan fingerprint density at radius 2 is 1.95 bits per heavy atom. The van der Waals surface area contributed by atoms with E-state index in [1.165, 1.54) is 17.0 Å². The molecule has 108 valence electrons. The fraction of sp³-hybridized carbons (Fsp3) is 0.333. The van der Waals surface area contributed by atoms with Crippen LogP contribution in [-0.2, 0) is 11.0 Å². The van der Waals surface area contributed by atoms with Gasteiger partial charge in [0.2, 0.25) is 5.91 Å². The third-order valence-corrected chi connectivity index (χ3v) is 3.57. The van der Waals surface area contributed by atoms with Crippen molar-refractivity contribution in [1.29, 1.82) is 0 Å². The van der Waals surface area contributed by atoms with Gasteiger partial charge in [-0.1, -0.05) is 11.8 Å². The standard InChI is InChI=1S/C12H11F3N2O2S/c13-12(14,15)8-1-3-9(4-2-8)16-10(18)7-17-5-6-20-11(17)19/h1-4H,5-7H2,(H,16,18). The SMILES string of the molecule is O=C(CN1CCSC1=O)Nc1ccc(C(F)(F)F)cc1. The largest absolute Gasteiger partial charge is 0.416 e. The summed E-state index contributed by atoms with van der Waals surface area (Å²) >= 11 is 1.14. The second-order valence-corrected chi connectivity index (χ2v) is 5.21. The molecule has 20 heavy (non-hydrogen) atoms. The number of thioether (sulfide) groups is 1. The number of nitrogens with one attached hydrogen (secondary N) is 1. The highest BCUT2D eigenvalue weighted by atomic mass is 32.2. The molecule has 0 spiro atoms. The van der Waals surface area contributed by atoms with Crippen molar-refractivity contribution in [3.63, 3.8) is 0 Å². The Kier molecular flexibility index (Phi) is 4.22. The van der Waals surface area contributed by atoms with Crippen LogP contribution in [0.1, 0.15) is 5.56 Å². The van der Waals surface area contributed by atoms with Crippen LogP contribution in [0.2, 0.25) is 0 Å². The molecular weight excluding hydrogens is 293 g/mol. The monoisotopic (exact) mass is 304 g/mol. The van der Waals surface area contributed by atoms with Gasteiger partial charge in [0.25, 0.3) is 5.24 Å². The number of benzene rings is 1. The second kappa shape index (κ2) is 5.74. The molecule has 8 heteroatoms. The Bertz CT molecular complexity index is 516. The zero-order valence-corrected chi connectivity index (χ0v) is 11.1. The normalized spacial score (nSPS) is 15.6. The lowest BCUT2D eigenvalue weighted by molar-refractivity contribution is -0.137. The first-order chi connectivity index (χ1) is 9.36. The van der Waals surface area contributed by atoms with E-state index in [2.05, 4.69) is 5.32 Å². The van der Waals surface area contributed by atoms with E-state index in [1.54, 1.807) is 0 Å². The highest BCUT2D eigenvalue weighted by Gasteiger charge is 2.30. The van der Waals surface area contributed by atoms with Crippen molar-refractivity contribution in [3.8, 4) is 0 Å². The van der Waals surface area contributed by atoms with Crippen LogP contribution >= 0.6 is 11.8 Å². The summed E-state index contributed by atoms with van der Waals surface area (Å²) in [6.07, 6.45) is -4.40. The van der Waals surface area contributed by atoms with Crippen molar-refractivity contribution in [2.75, 3.05) is 24.2 Å². The van der Waals surface area contributed by atoms with Crippen LogP contribution in [-0.4, -0.2) is 34.9 Å². The Morgan fingerprint density at radius 1 is 1.30 bits per heavy atom. The molecule has 1 aromatic carbocycles. The number of anilines is 1. The predicted octanol–water partition coefficient (Wildman–Crippen LogP) is 2.81. The first-order valence-corrected chi connectivity index (χ1v) is 6.73. The van der Waals surface area contributed by atoms with E-state index < -0.39 is 17.6 Å². The van der Waals surface area contributed by atoms with E-state index in [0.717, 1.165) is 23.9 Å². The van der Waals surface area contributed by atoms with Crippen LogP contribution in [0.15, 0.2) is 24.3 Å². The number of halogens is 3. The summed E-state index contributed by atoms with van der Waals surface area (Å²) in [7, 11) is 0. The maximum Gasteiger partial charge on any atom is 0.416 e. The van der Waals surface area contributed by atoms with Crippen LogP contribution in [0.5, 0.6) is 0 Å². The summed E-state index contributed by atoms with van der Waals surface area (Å²) < 4.78 is 37.1. The van der Waals surface area contributed by atoms with Gasteiger partial charge in [0.15, 0.2) is 0 Å². The number of nitrogens with zero attached hydrogens (tertiary/aromatic N) is 1.